The van der Waals surface area contributed by atoms with E-state index in [0.717, 1.165) is 22.1 Å². The lowest BCUT2D eigenvalue weighted by Gasteiger charge is -2.13. The minimum absolute atomic E-state index is 0.0625. The zero-order valence-electron chi connectivity index (χ0n) is 15.3. The standard InChI is InChI=1S/C24H22O2/c1-15-11-24(26-3)16(2)21-9-7-18(13-23(15)21)17-8-10-22-19(12-17)5-4-6-20(22)14-25/h4-13,25H,14H2,1-3H3. The van der Waals surface area contributed by atoms with Crippen LogP contribution < -0.4 is 4.74 Å². The molecule has 2 nitrogen and oxygen atoms in total. The van der Waals surface area contributed by atoms with Crippen LogP contribution in [0.1, 0.15) is 16.7 Å². The van der Waals surface area contributed by atoms with E-state index in [1.807, 2.05) is 12.1 Å². The highest BCUT2D eigenvalue weighted by molar-refractivity contribution is 5.95. The third-order valence-corrected chi connectivity index (χ3v) is 5.26. The van der Waals surface area contributed by atoms with Gasteiger partial charge in [-0.15, -0.1) is 0 Å². The number of aliphatic hydroxyl groups is 1. The molecule has 0 aliphatic rings. The molecule has 4 rings (SSSR count). The number of ether oxygens (including phenoxy) is 1. The molecule has 0 bridgehead atoms. The first-order chi connectivity index (χ1) is 12.6. The van der Waals surface area contributed by atoms with Crippen LogP contribution in [0.4, 0.5) is 0 Å². The van der Waals surface area contributed by atoms with Crippen LogP contribution >= 0.6 is 0 Å². The maximum absolute atomic E-state index is 9.53. The summed E-state index contributed by atoms with van der Waals surface area (Å²) in [7, 11) is 1.72. The Hall–Kier alpha value is -2.84. The van der Waals surface area contributed by atoms with Crippen molar-refractivity contribution in [3.63, 3.8) is 0 Å². The van der Waals surface area contributed by atoms with E-state index in [1.165, 1.54) is 33.0 Å². The molecule has 0 amide bonds. The molecule has 0 atom stereocenters. The minimum Gasteiger partial charge on any atom is -0.496 e. The van der Waals surface area contributed by atoms with E-state index in [0.29, 0.717) is 0 Å². The normalized spacial score (nSPS) is 11.2. The fraction of sp³-hybridized carbons (Fsp3) is 0.167. The highest BCUT2D eigenvalue weighted by Gasteiger charge is 2.09. The molecule has 0 fully saturated rings. The van der Waals surface area contributed by atoms with Crippen LogP contribution in [0.3, 0.4) is 0 Å². The van der Waals surface area contributed by atoms with Crippen LogP contribution in [-0.4, -0.2) is 12.2 Å². The van der Waals surface area contributed by atoms with Crippen LogP contribution in [0.15, 0.2) is 60.7 Å². The topological polar surface area (TPSA) is 29.5 Å². The van der Waals surface area contributed by atoms with Crippen molar-refractivity contribution in [1.82, 2.24) is 0 Å². The predicted molar refractivity (Wildman–Crippen MR) is 109 cm³/mol. The zero-order chi connectivity index (χ0) is 18.3. The lowest BCUT2D eigenvalue weighted by Crippen LogP contribution is -1.92. The molecule has 0 spiro atoms. The van der Waals surface area contributed by atoms with Crippen molar-refractivity contribution in [2.75, 3.05) is 7.11 Å². The Morgan fingerprint density at radius 1 is 0.808 bits per heavy atom. The van der Waals surface area contributed by atoms with Gasteiger partial charge in [0.25, 0.3) is 0 Å². The van der Waals surface area contributed by atoms with Crippen molar-refractivity contribution in [1.29, 1.82) is 0 Å². The number of aliphatic hydroxyl groups excluding tert-OH is 1. The Balaban J connectivity index is 1.89. The van der Waals surface area contributed by atoms with Gasteiger partial charge in [0.05, 0.1) is 13.7 Å². The third kappa shape index (κ3) is 2.63. The van der Waals surface area contributed by atoms with Crippen molar-refractivity contribution in [2.24, 2.45) is 0 Å². The van der Waals surface area contributed by atoms with E-state index in [1.54, 1.807) is 7.11 Å². The van der Waals surface area contributed by atoms with E-state index < -0.39 is 0 Å². The van der Waals surface area contributed by atoms with Gasteiger partial charge in [0.1, 0.15) is 5.75 Å². The fourth-order valence-electron chi connectivity index (χ4n) is 3.77. The maximum Gasteiger partial charge on any atom is 0.122 e. The molecule has 0 heterocycles. The van der Waals surface area contributed by atoms with Gasteiger partial charge in [-0.1, -0.05) is 42.5 Å². The Labute approximate surface area is 153 Å². The van der Waals surface area contributed by atoms with Crippen molar-refractivity contribution < 1.29 is 9.84 Å². The van der Waals surface area contributed by atoms with Crippen LogP contribution in [-0.2, 0) is 6.61 Å². The number of aryl methyl sites for hydroxylation is 2. The van der Waals surface area contributed by atoms with Gasteiger partial charge < -0.3 is 9.84 Å². The molecular weight excluding hydrogens is 320 g/mol. The summed E-state index contributed by atoms with van der Waals surface area (Å²) >= 11 is 0. The largest absolute Gasteiger partial charge is 0.496 e. The lowest BCUT2D eigenvalue weighted by molar-refractivity contribution is 0.283. The van der Waals surface area contributed by atoms with E-state index in [-0.39, 0.29) is 6.61 Å². The van der Waals surface area contributed by atoms with Gasteiger partial charge in [0, 0.05) is 0 Å². The number of methoxy groups -OCH3 is 1. The molecule has 2 heteroatoms. The van der Waals surface area contributed by atoms with Gasteiger partial charge in [0.2, 0.25) is 0 Å². The minimum atomic E-state index is 0.0625. The van der Waals surface area contributed by atoms with Crippen molar-refractivity contribution in [2.45, 2.75) is 20.5 Å². The molecule has 0 radical (unpaired) electrons. The molecular formula is C24H22O2. The molecule has 0 aliphatic carbocycles. The molecule has 4 aromatic carbocycles. The summed E-state index contributed by atoms with van der Waals surface area (Å²) in [4.78, 5) is 0. The lowest BCUT2D eigenvalue weighted by atomic mass is 9.94. The molecule has 0 unspecified atom stereocenters. The maximum atomic E-state index is 9.53. The van der Waals surface area contributed by atoms with Crippen LogP contribution in [0.25, 0.3) is 32.7 Å². The smallest absolute Gasteiger partial charge is 0.122 e. The number of rotatable bonds is 3. The average Bonchev–Trinajstić information content (AvgIpc) is 2.69. The molecule has 4 aromatic rings. The van der Waals surface area contributed by atoms with Gasteiger partial charge in [-0.25, -0.2) is 0 Å². The summed E-state index contributed by atoms with van der Waals surface area (Å²) < 4.78 is 5.50. The van der Waals surface area contributed by atoms with E-state index in [2.05, 4.69) is 62.4 Å². The first kappa shape index (κ1) is 16.6. The zero-order valence-corrected chi connectivity index (χ0v) is 15.3. The highest BCUT2D eigenvalue weighted by atomic mass is 16.5. The molecule has 1 N–H and O–H groups in total. The summed E-state index contributed by atoms with van der Waals surface area (Å²) in [5.74, 6) is 0.935. The number of fused-ring (bicyclic) bond motifs is 2. The van der Waals surface area contributed by atoms with Crippen LogP contribution in [0, 0.1) is 13.8 Å². The summed E-state index contributed by atoms with van der Waals surface area (Å²) in [6.07, 6.45) is 0. The molecule has 0 aromatic heterocycles. The first-order valence-electron chi connectivity index (χ1n) is 8.83. The number of hydrogen-bond acceptors (Lipinski definition) is 2. The van der Waals surface area contributed by atoms with Crippen molar-refractivity contribution >= 4 is 21.5 Å². The molecule has 0 saturated heterocycles. The summed E-state index contributed by atoms with van der Waals surface area (Å²) in [5, 5.41) is 14.3. The first-order valence-corrected chi connectivity index (χ1v) is 8.83. The highest BCUT2D eigenvalue weighted by Crippen LogP contribution is 2.34. The fourth-order valence-corrected chi connectivity index (χ4v) is 3.77. The van der Waals surface area contributed by atoms with E-state index in [4.69, 9.17) is 4.74 Å². The second kappa shape index (κ2) is 6.47. The van der Waals surface area contributed by atoms with Gasteiger partial charge >= 0.3 is 0 Å². The third-order valence-electron chi connectivity index (χ3n) is 5.26. The number of benzene rings is 4. The van der Waals surface area contributed by atoms with Gasteiger partial charge in [0.15, 0.2) is 0 Å². The van der Waals surface area contributed by atoms with Crippen molar-refractivity contribution in [3.8, 4) is 16.9 Å². The molecule has 26 heavy (non-hydrogen) atoms. The predicted octanol–water partition coefficient (Wildman–Crippen LogP) is 5.78. The Morgan fingerprint density at radius 3 is 2.27 bits per heavy atom. The monoisotopic (exact) mass is 342 g/mol. The quantitative estimate of drug-likeness (QED) is 0.511. The SMILES string of the molecule is COc1cc(C)c2cc(-c3ccc4c(CO)cccc4c3)ccc2c1C. The number of hydrogen-bond donors (Lipinski definition) is 1. The summed E-state index contributed by atoms with van der Waals surface area (Å²) in [5.41, 5.74) is 5.73. The Bertz CT molecular complexity index is 1130. The van der Waals surface area contributed by atoms with Gasteiger partial charge in [-0.2, -0.15) is 0 Å². The average molecular weight is 342 g/mol. The van der Waals surface area contributed by atoms with Gasteiger partial charge in [-0.3, -0.25) is 0 Å². The molecule has 0 saturated carbocycles. The van der Waals surface area contributed by atoms with Crippen molar-refractivity contribution in [3.05, 3.63) is 77.4 Å². The molecule has 0 aliphatic heterocycles. The second-order valence-electron chi connectivity index (χ2n) is 6.79. The molecule has 130 valence electrons. The summed E-state index contributed by atoms with van der Waals surface area (Å²) in [6, 6.07) is 21.2. The van der Waals surface area contributed by atoms with E-state index >= 15 is 0 Å². The van der Waals surface area contributed by atoms with E-state index in [9.17, 15) is 5.11 Å². The Kier molecular flexibility index (Phi) is 4.14. The Morgan fingerprint density at radius 2 is 1.54 bits per heavy atom. The van der Waals surface area contributed by atoms with Crippen LogP contribution in [0.2, 0.25) is 0 Å². The van der Waals surface area contributed by atoms with Crippen LogP contribution in [0.5, 0.6) is 5.75 Å². The second-order valence-corrected chi connectivity index (χ2v) is 6.79. The summed E-state index contributed by atoms with van der Waals surface area (Å²) in [6.45, 7) is 4.29. The van der Waals surface area contributed by atoms with Gasteiger partial charge in [-0.05, 0) is 81.4 Å².